The Bertz CT molecular complexity index is 599. The zero-order valence-electron chi connectivity index (χ0n) is 11.8. The Morgan fingerprint density at radius 3 is 2.55 bits per heavy atom. The molecule has 0 saturated carbocycles. The number of nitrogens with zero attached hydrogens (tertiary/aromatic N) is 2. The lowest BCUT2D eigenvalue weighted by Crippen LogP contribution is -2.14. The second kappa shape index (κ2) is 5.44. The smallest absolute Gasteiger partial charge is 0.327 e. The molecular formula is C14H18F3N3. The summed E-state index contributed by atoms with van der Waals surface area (Å²) in [5.74, 6) is 1.15. The summed E-state index contributed by atoms with van der Waals surface area (Å²) >= 11 is 0. The maximum absolute atomic E-state index is 12.7. The Balaban J connectivity index is 2.55. The molecule has 0 spiro atoms. The van der Waals surface area contributed by atoms with Gasteiger partial charge in [0.2, 0.25) is 0 Å². The summed E-state index contributed by atoms with van der Waals surface area (Å²) in [4.78, 5) is 4.33. The topological polar surface area (TPSA) is 29.9 Å². The summed E-state index contributed by atoms with van der Waals surface area (Å²) in [6.07, 6.45) is -4.33. The highest BCUT2D eigenvalue weighted by Gasteiger charge is 2.31. The van der Waals surface area contributed by atoms with Crippen LogP contribution in [0.1, 0.15) is 25.2 Å². The fourth-order valence-electron chi connectivity index (χ4n) is 2.22. The minimum absolute atomic E-state index is 0.394. The first kappa shape index (κ1) is 14.8. The van der Waals surface area contributed by atoms with E-state index in [4.69, 9.17) is 0 Å². The van der Waals surface area contributed by atoms with Gasteiger partial charge in [0.1, 0.15) is 5.82 Å². The van der Waals surface area contributed by atoms with Crippen molar-refractivity contribution in [3.63, 3.8) is 0 Å². The minimum atomic E-state index is -4.33. The Kier molecular flexibility index (Phi) is 4.04. The molecule has 0 saturated heterocycles. The van der Waals surface area contributed by atoms with Crippen LogP contribution in [0, 0.1) is 5.92 Å². The molecule has 1 heterocycles. The third-order valence-corrected chi connectivity index (χ3v) is 3.04. The van der Waals surface area contributed by atoms with E-state index in [0.717, 1.165) is 30.0 Å². The maximum atomic E-state index is 12.7. The molecule has 2 aromatic rings. The van der Waals surface area contributed by atoms with Crippen LogP contribution in [-0.2, 0) is 19.3 Å². The summed E-state index contributed by atoms with van der Waals surface area (Å²) in [6, 6.07) is 3.74. The second-order valence-electron chi connectivity index (χ2n) is 5.26. The van der Waals surface area contributed by atoms with Gasteiger partial charge in [0.05, 0.1) is 23.1 Å². The van der Waals surface area contributed by atoms with Crippen molar-refractivity contribution in [3.8, 4) is 0 Å². The van der Waals surface area contributed by atoms with E-state index in [1.54, 1.807) is 7.05 Å². The summed E-state index contributed by atoms with van der Waals surface area (Å²) in [5, 5.41) is 3.00. The van der Waals surface area contributed by atoms with Crippen LogP contribution < -0.4 is 5.32 Å². The lowest BCUT2D eigenvalue weighted by molar-refractivity contribution is -0.137. The van der Waals surface area contributed by atoms with Crippen LogP contribution in [0.5, 0.6) is 0 Å². The largest absolute Gasteiger partial charge is 0.416 e. The molecule has 0 radical (unpaired) electrons. The quantitative estimate of drug-likeness (QED) is 0.932. The molecule has 1 aromatic carbocycles. The molecule has 0 bridgehead atoms. The Morgan fingerprint density at radius 2 is 2.00 bits per heavy atom. The number of nitrogens with one attached hydrogen (secondary N) is 1. The maximum Gasteiger partial charge on any atom is 0.416 e. The first-order valence-corrected chi connectivity index (χ1v) is 6.54. The van der Waals surface area contributed by atoms with Crippen molar-refractivity contribution in [2.24, 2.45) is 5.92 Å². The van der Waals surface area contributed by atoms with Gasteiger partial charge in [-0.25, -0.2) is 4.98 Å². The highest BCUT2D eigenvalue weighted by molar-refractivity contribution is 5.77. The Labute approximate surface area is 115 Å². The highest BCUT2D eigenvalue weighted by Crippen LogP contribution is 2.31. The third kappa shape index (κ3) is 2.95. The molecule has 1 aromatic heterocycles. The number of hydrogen-bond acceptors (Lipinski definition) is 2. The number of rotatable bonds is 4. The van der Waals surface area contributed by atoms with Crippen molar-refractivity contribution in [2.75, 3.05) is 7.05 Å². The fraction of sp³-hybridized carbons (Fsp3) is 0.500. The van der Waals surface area contributed by atoms with E-state index in [2.05, 4.69) is 24.1 Å². The van der Waals surface area contributed by atoms with Crippen LogP contribution >= 0.6 is 0 Å². The Hall–Kier alpha value is -1.56. The van der Waals surface area contributed by atoms with Crippen LogP contribution in [0.25, 0.3) is 11.0 Å². The number of fused-ring (bicyclic) bond motifs is 1. The molecule has 2 rings (SSSR count). The molecule has 0 atom stereocenters. The normalized spacial score (nSPS) is 12.6. The van der Waals surface area contributed by atoms with Gasteiger partial charge in [-0.2, -0.15) is 13.2 Å². The number of alkyl halides is 3. The van der Waals surface area contributed by atoms with Crippen molar-refractivity contribution in [3.05, 3.63) is 29.6 Å². The van der Waals surface area contributed by atoms with Crippen molar-refractivity contribution in [1.29, 1.82) is 0 Å². The molecular weight excluding hydrogens is 267 g/mol. The van der Waals surface area contributed by atoms with Crippen LogP contribution in [0.2, 0.25) is 0 Å². The summed E-state index contributed by atoms with van der Waals surface area (Å²) in [7, 11) is 1.79. The van der Waals surface area contributed by atoms with Gasteiger partial charge in [0.25, 0.3) is 0 Å². The third-order valence-electron chi connectivity index (χ3n) is 3.04. The van der Waals surface area contributed by atoms with Gasteiger partial charge in [0.15, 0.2) is 0 Å². The zero-order chi connectivity index (χ0) is 14.9. The minimum Gasteiger partial charge on any atom is -0.327 e. The van der Waals surface area contributed by atoms with Gasteiger partial charge in [-0.15, -0.1) is 0 Å². The average Bonchev–Trinajstić information content (AvgIpc) is 2.65. The molecule has 20 heavy (non-hydrogen) atoms. The summed E-state index contributed by atoms with van der Waals surface area (Å²) < 4.78 is 40.2. The predicted octanol–water partition coefficient (Wildman–Crippen LogP) is 3.43. The predicted molar refractivity (Wildman–Crippen MR) is 72.3 cm³/mol. The number of halogens is 3. The SMILES string of the molecule is CNCc1nc2cc(C(F)(F)F)ccc2n1CC(C)C. The van der Waals surface area contributed by atoms with Gasteiger partial charge in [0, 0.05) is 6.54 Å². The molecule has 1 N–H and O–H groups in total. The number of hydrogen-bond donors (Lipinski definition) is 1. The van der Waals surface area contributed by atoms with E-state index >= 15 is 0 Å². The molecule has 3 nitrogen and oxygen atoms in total. The highest BCUT2D eigenvalue weighted by atomic mass is 19.4. The van der Waals surface area contributed by atoms with Crippen molar-refractivity contribution in [2.45, 2.75) is 33.1 Å². The van der Waals surface area contributed by atoms with Gasteiger partial charge < -0.3 is 9.88 Å². The van der Waals surface area contributed by atoms with Gasteiger partial charge in [-0.1, -0.05) is 13.8 Å². The number of benzene rings is 1. The van der Waals surface area contributed by atoms with Crippen LogP contribution in [-0.4, -0.2) is 16.6 Å². The van der Waals surface area contributed by atoms with Gasteiger partial charge in [-0.3, -0.25) is 0 Å². The van der Waals surface area contributed by atoms with E-state index in [1.165, 1.54) is 6.07 Å². The standard InChI is InChI=1S/C14H18F3N3/c1-9(2)8-20-12-5-4-10(14(15,16)17)6-11(12)19-13(20)7-18-3/h4-6,9,18H,7-8H2,1-3H3. The van der Waals surface area contributed by atoms with E-state index in [-0.39, 0.29) is 0 Å². The van der Waals surface area contributed by atoms with Crippen molar-refractivity contribution < 1.29 is 13.2 Å². The van der Waals surface area contributed by atoms with Crippen LogP contribution in [0.4, 0.5) is 13.2 Å². The molecule has 0 amide bonds. The van der Waals surface area contributed by atoms with E-state index < -0.39 is 11.7 Å². The molecule has 0 aliphatic rings. The monoisotopic (exact) mass is 285 g/mol. The van der Waals surface area contributed by atoms with Gasteiger partial charge >= 0.3 is 6.18 Å². The average molecular weight is 285 g/mol. The molecule has 0 fully saturated rings. The molecule has 110 valence electrons. The second-order valence-corrected chi connectivity index (χ2v) is 5.26. The van der Waals surface area contributed by atoms with Crippen molar-refractivity contribution in [1.82, 2.24) is 14.9 Å². The van der Waals surface area contributed by atoms with Crippen LogP contribution in [0.15, 0.2) is 18.2 Å². The first-order chi connectivity index (χ1) is 9.32. The van der Waals surface area contributed by atoms with Crippen LogP contribution in [0.3, 0.4) is 0 Å². The molecule has 0 aliphatic carbocycles. The van der Waals surface area contributed by atoms with E-state index in [9.17, 15) is 13.2 Å². The van der Waals surface area contributed by atoms with Gasteiger partial charge in [-0.05, 0) is 31.2 Å². The molecule has 0 unspecified atom stereocenters. The molecule has 0 aliphatic heterocycles. The lowest BCUT2D eigenvalue weighted by atomic mass is 10.2. The van der Waals surface area contributed by atoms with E-state index in [0.29, 0.717) is 18.0 Å². The fourth-order valence-corrected chi connectivity index (χ4v) is 2.22. The Morgan fingerprint density at radius 1 is 1.30 bits per heavy atom. The number of aromatic nitrogens is 2. The van der Waals surface area contributed by atoms with Crippen molar-refractivity contribution >= 4 is 11.0 Å². The summed E-state index contributed by atoms with van der Waals surface area (Å²) in [5.41, 5.74) is 0.484. The zero-order valence-corrected chi connectivity index (χ0v) is 11.8. The molecule has 6 heteroatoms. The first-order valence-electron chi connectivity index (χ1n) is 6.54. The lowest BCUT2D eigenvalue weighted by Gasteiger charge is -2.12. The number of imidazole rings is 1. The summed E-state index contributed by atoms with van der Waals surface area (Å²) in [6.45, 7) is 5.40. The van der Waals surface area contributed by atoms with E-state index in [1.807, 2.05) is 4.57 Å².